The largest absolute Gasteiger partial charge is 0.332 e. The minimum Gasteiger partial charge on any atom is -0.332 e. The second kappa shape index (κ2) is 5.73. The summed E-state index contributed by atoms with van der Waals surface area (Å²) in [6.07, 6.45) is 1.85. The molecule has 0 spiro atoms. The molecule has 3 rings (SSSR count). The van der Waals surface area contributed by atoms with Crippen molar-refractivity contribution in [2.75, 3.05) is 5.32 Å². The van der Waals surface area contributed by atoms with Gasteiger partial charge in [-0.25, -0.2) is 4.98 Å². The highest BCUT2D eigenvalue weighted by Gasteiger charge is 2.05. The summed E-state index contributed by atoms with van der Waals surface area (Å²) in [5.74, 6) is 0. The van der Waals surface area contributed by atoms with Crippen molar-refractivity contribution in [2.24, 2.45) is 0 Å². The smallest absolute Gasteiger partial charge is 0.187 e. The highest BCUT2D eigenvalue weighted by atomic mass is 79.9. The second-order valence-electron chi connectivity index (χ2n) is 4.36. The maximum Gasteiger partial charge on any atom is 0.187 e. The minimum absolute atomic E-state index is 0.878. The van der Waals surface area contributed by atoms with E-state index in [1.165, 1.54) is 0 Å². The highest BCUT2D eigenvalue weighted by Crippen LogP contribution is 2.27. The number of nitrogens with one attached hydrogen (secondary N) is 1. The Labute approximate surface area is 129 Å². The summed E-state index contributed by atoms with van der Waals surface area (Å²) in [5.41, 5.74) is 4.02. The van der Waals surface area contributed by atoms with Gasteiger partial charge in [0, 0.05) is 33.0 Å². The summed E-state index contributed by atoms with van der Waals surface area (Å²) in [6, 6.07) is 12.1. The van der Waals surface area contributed by atoms with Gasteiger partial charge in [-0.3, -0.25) is 4.98 Å². The highest BCUT2D eigenvalue weighted by molar-refractivity contribution is 9.10. The third-order valence-corrected chi connectivity index (χ3v) is 4.09. The van der Waals surface area contributed by atoms with Gasteiger partial charge in [0.25, 0.3) is 0 Å². The predicted octanol–water partition coefficient (Wildman–Crippen LogP) is 5.02. The van der Waals surface area contributed by atoms with E-state index in [1.54, 1.807) is 11.3 Å². The van der Waals surface area contributed by atoms with Crippen molar-refractivity contribution >= 4 is 38.1 Å². The van der Waals surface area contributed by atoms with Gasteiger partial charge in [-0.1, -0.05) is 15.9 Å². The van der Waals surface area contributed by atoms with Crippen LogP contribution in [0.15, 0.2) is 52.4 Å². The Morgan fingerprint density at radius 3 is 2.60 bits per heavy atom. The fourth-order valence-corrected chi connectivity index (χ4v) is 2.74. The molecule has 0 aliphatic heterocycles. The number of rotatable bonds is 3. The summed E-state index contributed by atoms with van der Waals surface area (Å²) in [4.78, 5) is 8.88. The molecule has 3 aromatic rings. The quantitative estimate of drug-likeness (QED) is 0.724. The molecule has 0 amide bonds. The van der Waals surface area contributed by atoms with Crippen LogP contribution in [0, 0.1) is 6.92 Å². The number of benzene rings is 1. The van der Waals surface area contributed by atoms with E-state index in [0.717, 1.165) is 32.2 Å². The molecule has 0 atom stereocenters. The zero-order valence-corrected chi connectivity index (χ0v) is 13.2. The van der Waals surface area contributed by atoms with Crippen molar-refractivity contribution in [1.29, 1.82) is 0 Å². The molecule has 0 saturated heterocycles. The lowest BCUT2D eigenvalue weighted by atomic mass is 10.2. The lowest BCUT2D eigenvalue weighted by Crippen LogP contribution is -1.89. The van der Waals surface area contributed by atoms with Crippen molar-refractivity contribution in [1.82, 2.24) is 9.97 Å². The van der Waals surface area contributed by atoms with Crippen LogP contribution in [-0.2, 0) is 0 Å². The standard InChI is InChI=1S/C15H12BrN3S/c1-10-2-3-11(8-17-10)14-9-20-15(19-14)18-13-6-4-12(16)5-7-13/h2-9H,1H3,(H,18,19). The Morgan fingerprint density at radius 1 is 1.10 bits per heavy atom. The summed E-state index contributed by atoms with van der Waals surface area (Å²) in [7, 11) is 0. The molecule has 20 heavy (non-hydrogen) atoms. The summed E-state index contributed by atoms with van der Waals surface area (Å²) in [5, 5.41) is 6.21. The van der Waals surface area contributed by atoms with Gasteiger partial charge in [-0.2, -0.15) is 0 Å². The van der Waals surface area contributed by atoms with Gasteiger partial charge in [0.2, 0.25) is 0 Å². The van der Waals surface area contributed by atoms with Crippen LogP contribution >= 0.6 is 27.3 Å². The van der Waals surface area contributed by atoms with E-state index in [1.807, 2.05) is 54.9 Å². The number of anilines is 2. The number of hydrogen-bond donors (Lipinski definition) is 1. The Bertz CT molecular complexity index is 705. The van der Waals surface area contributed by atoms with Crippen LogP contribution in [0.2, 0.25) is 0 Å². The van der Waals surface area contributed by atoms with E-state index >= 15 is 0 Å². The van der Waals surface area contributed by atoms with Crippen LogP contribution in [0.25, 0.3) is 11.3 Å². The number of hydrogen-bond acceptors (Lipinski definition) is 4. The van der Waals surface area contributed by atoms with Crippen molar-refractivity contribution in [2.45, 2.75) is 6.92 Å². The van der Waals surface area contributed by atoms with Gasteiger partial charge in [0.15, 0.2) is 5.13 Å². The van der Waals surface area contributed by atoms with E-state index in [0.29, 0.717) is 0 Å². The Balaban J connectivity index is 1.80. The fraction of sp³-hybridized carbons (Fsp3) is 0.0667. The van der Waals surface area contributed by atoms with E-state index in [9.17, 15) is 0 Å². The van der Waals surface area contributed by atoms with Crippen molar-refractivity contribution < 1.29 is 0 Å². The maximum absolute atomic E-state index is 4.58. The average molecular weight is 346 g/mol. The maximum atomic E-state index is 4.58. The van der Waals surface area contributed by atoms with Crippen LogP contribution < -0.4 is 5.32 Å². The molecular weight excluding hydrogens is 334 g/mol. The molecule has 100 valence electrons. The van der Waals surface area contributed by atoms with Gasteiger partial charge in [-0.05, 0) is 43.3 Å². The first-order valence-corrected chi connectivity index (χ1v) is 7.79. The van der Waals surface area contributed by atoms with E-state index in [2.05, 4.69) is 31.2 Å². The first kappa shape index (κ1) is 13.3. The number of nitrogens with zero attached hydrogens (tertiary/aromatic N) is 2. The number of pyridine rings is 1. The summed E-state index contributed by atoms with van der Waals surface area (Å²) in [6.45, 7) is 1.98. The molecule has 0 radical (unpaired) electrons. The Hall–Kier alpha value is -1.72. The molecule has 1 aromatic carbocycles. The predicted molar refractivity (Wildman–Crippen MR) is 87.5 cm³/mol. The number of aromatic nitrogens is 2. The number of thiazole rings is 1. The third kappa shape index (κ3) is 3.05. The second-order valence-corrected chi connectivity index (χ2v) is 6.13. The first-order valence-electron chi connectivity index (χ1n) is 6.12. The molecule has 0 fully saturated rings. The Kier molecular flexibility index (Phi) is 3.80. The monoisotopic (exact) mass is 345 g/mol. The van der Waals surface area contributed by atoms with Gasteiger partial charge in [0.05, 0.1) is 5.69 Å². The van der Waals surface area contributed by atoms with Crippen LogP contribution in [0.3, 0.4) is 0 Å². The zero-order chi connectivity index (χ0) is 13.9. The number of aryl methyl sites for hydroxylation is 1. The lowest BCUT2D eigenvalue weighted by Gasteiger charge is -2.02. The summed E-state index contributed by atoms with van der Waals surface area (Å²) < 4.78 is 1.06. The van der Waals surface area contributed by atoms with Crippen LogP contribution in [0.5, 0.6) is 0 Å². The topological polar surface area (TPSA) is 37.8 Å². The van der Waals surface area contributed by atoms with Crippen LogP contribution in [0.4, 0.5) is 10.8 Å². The molecule has 0 saturated carbocycles. The number of halogens is 1. The van der Waals surface area contributed by atoms with Crippen molar-refractivity contribution in [3.05, 3.63) is 58.1 Å². The molecular formula is C15H12BrN3S. The molecule has 2 aromatic heterocycles. The molecule has 0 unspecified atom stereocenters. The fourth-order valence-electron chi connectivity index (χ4n) is 1.74. The molecule has 5 heteroatoms. The van der Waals surface area contributed by atoms with Crippen molar-refractivity contribution in [3.63, 3.8) is 0 Å². The van der Waals surface area contributed by atoms with E-state index in [4.69, 9.17) is 0 Å². The Morgan fingerprint density at radius 2 is 1.90 bits per heavy atom. The molecule has 0 bridgehead atoms. The third-order valence-electron chi connectivity index (χ3n) is 2.81. The van der Waals surface area contributed by atoms with Crippen LogP contribution in [0.1, 0.15) is 5.69 Å². The normalized spacial score (nSPS) is 10.5. The SMILES string of the molecule is Cc1ccc(-c2csc(Nc3ccc(Br)cc3)n2)cn1. The van der Waals surface area contributed by atoms with Crippen molar-refractivity contribution in [3.8, 4) is 11.3 Å². The van der Waals surface area contributed by atoms with E-state index in [-0.39, 0.29) is 0 Å². The average Bonchev–Trinajstić information content (AvgIpc) is 2.91. The van der Waals surface area contributed by atoms with Gasteiger partial charge in [0.1, 0.15) is 0 Å². The van der Waals surface area contributed by atoms with Gasteiger partial charge >= 0.3 is 0 Å². The van der Waals surface area contributed by atoms with E-state index < -0.39 is 0 Å². The zero-order valence-electron chi connectivity index (χ0n) is 10.8. The summed E-state index contributed by atoms with van der Waals surface area (Å²) >= 11 is 5.01. The van der Waals surface area contributed by atoms with Gasteiger partial charge < -0.3 is 5.32 Å². The lowest BCUT2D eigenvalue weighted by molar-refractivity contribution is 1.20. The molecule has 3 nitrogen and oxygen atoms in total. The molecule has 0 aliphatic carbocycles. The minimum atomic E-state index is 0.878. The first-order chi connectivity index (χ1) is 9.70. The molecule has 0 aliphatic rings. The molecule has 2 heterocycles. The van der Waals surface area contributed by atoms with Crippen LogP contribution in [-0.4, -0.2) is 9.97 Å². The van der Waals surface area contributed by atoms with Gasteiger partial charge in [-0.15, -0.1) is 11.3 Å². The molecule has 1 N–H and O–H groups in total.